The maximum Gasteiger partial charge on any atom is 0.0720 e. The summed E-state index contributed by atoms with van der Waals surface area (Å²) in [4.78, 5) is 2.52. The Morgan fingerprint density at radius 2 is 0.794 bits per heavy atom. The monoisotopic (exact) mass is 871 g/mol. The number of nitrogens with zero attached hydrogens (tertiary/aromatic N) is 1. The smallest absolute Gasteiger partial charge is 0.0720 e. The number of anilines is 3. The first-order valence-corrected chi connectivity index (χ1v) is 24.0. The molecule has 3 aliphatic rings. The van der Waals surface area contributed by atoms with Gasteiger partial charge in [-0.2, -0.15) is 0 Å². The lowest BCUT2D eigenvalue weighted by Gasteiger charge is -2.37. The third-order valence-corrected chi connectivity index (χ3v) is 15.4. The molecule has 0 spiro atoms. The molecule has 0 saturated carbocycles. The van der Waals surface area contributed by atoms with E-state index in [1.165, 1.54) is 83.5 Å². The molecule has 9 aromatic carbocycles. The minimum absolute atomic E-state index is 0.166. The second-order valence-corrected chi connectivity index (χ2v) is 19.7. The Labute approximate surface area is 401 Å². The Bertz CT molecular complexity index is 3350. The van der Waals surface area contributed by atoms with E-state index in [1.54, 1.807) is 0 Å². The standard InChI is InChI=1S/C67H53N/c1-6-45(46-23-11-7-12-24-46)41-58-57-40-37-52(44-63(57)67(48-27-15-9-16-28-48,49-29-17-10-18-30-49)64(58)47-25-13-8-14-26-47)68(50-35-38-55-53-31-19-21-33-59(53)65(2,3)61(55)42-50)51-36-39-56-54-32-20-22-34-60(54)66(4,5)62(56)43-51/h6-44H,1H2,2-5H3/b45-41+. The van der Waals surface area contributed by atoms with Gasteiger partial charge in [0, 0.05) is 27.9 Å². The van der Waals surface area contributed by atoms with Crippen LogP contribution in [0.4, 0.5) is 17.1 Å². The second kappa shape index (κ2) is 15.8. The number of rotatable bonds is 9. The summed E-state index contributed by atoms with van der Waals surface area (Å²) < 4.78 is 0. The predicted octanol–water partition coefficient (Wildman–Crippen LogP) is 17.3. The third kappa shape index (κ3) is 6.15. The normalized spacial score (nSPS) is 15.5. The third-order valence-electron chi connectivity index (χ3n) is 15.4. The summed E-state index contributed by atoms with van der Waals surface area (Å²) >= 11 is 0. The molecule has 0 saturated heterocycles. The highest BCUT2D eigenvalue weighted by atomic mass is 15.1. The van der Waals surface area contributed by atoms with Crippen LogP contribution >= 0.6 is 0 Å². The van der Waals surface area contributed by atoms with Crippen molar-refractivity contribution in [2.75, 3.05) is 4.90 Å². The molecule has 0 heterocycles. The Kier molecular flexibility index (Phi) is 9.64. The molecule has 68 heavy (non-hydrogen) atoms. The van der Waals surface area contributed by atoms with Crippen molar-refractivity contribution >= 4 is 33.8 Å². The van der Waals surface area contributed by atoms with E-state index in [9.17, 15) is 0 Å². The molecule has 0 amide bonds. The summed E-state index contributed by atoms with van der Waals surface area (Å²) in [5, 5.41) is 0. The van der Waals surface area contributed by atoms with E-state index in [-0.39, 0.29) is 10.8 Å². The van der Waals surface area contributed by atoms with E-state index < -0.39 is 5.41 Å². The minimum atomic E-state index is -0.696. The molecule has 1 nitrogen and oxygen atoms in total. The highest BCUT2D eigenvalue weighted by molar-refractivity contribution is 6.11. The Morgan fingerprint density at radius 1 is 0.397 bits per heavy atom. The van der Waals surface area contributed by atoms with Gasteiger partial charge in [-0.15, -0.1) is 0 Å². The van der Waals surface area contributed by atoms with E-state index in [1.807, 2.05) is 6.08 Å². The zero-order chi connectivity index (χ0) is 46.2. The quantitative estimate of drug-likeness (QED) is 0.131. The maximum atomic E-state index is 4.39. The molecule has 0 atom stereocenters. The lowest BCUT2D eigenvalue weighted by molar-refractivity contribution is 0.660. The summed E-state index contributed by atoms with van der Waals surface area (Å²) in [5.74, 6) is 0. The summed E-state index contributed by atoms with van der Waals surface area (Å²) in [6.07, 6.45) is 4.39. The van der Waals surface area contributed by atoms with E-state index in [0.717, 1.165) is 28.2 Å². The zero-order valence-corrected chi connectivity index (χ0v) is 39.2. The van der Waals surface area contributed by atoms with Gasteiger partial charge in [-0.25, -0.2) is 0 Å². The maximum absolute atomic E-state index is 4.39. The Balaban J connectivity index is 1.16. The fourth-order valence-corrected chi connectivity index (χ4v) is 12.1. The Hall–Kier alpha value is -8.00. The van der Waals surface area contributed by atoms with Crippen molar-refractivity contribution < 1.29 is 0 Å². The molecular weight excluding hydrogens is 819 g/mol. The fraction of sp³-hybridized carbons (Fsp3) is 0.104. The van der Waals surface area contributed by atoms with E-state index in [0.29, 0.717) is 0 Å². The molecule has 0 aromatic heterocycles. The van der Waals surface area contributed by atoms with Gasteiger partial charge < -0.3 is 4.90 Å². The van der Waals surface area contributed by atoms with Gasteiger partial charge in [0.15, 0.2) is 0 Å². The van der Waals surface area contributed by atoms with Crippen LogP contribution in [0, 0.1) is 0 Å². The molecule has 9 aromatic rings. The molecule has 1 heteroatoms. The van der Waals surface area contributed by atoms with Crippen molar-refractivity contribution in [2.45, 2.75) is 43.9 Å². The molecule has 0 N–H and O–H groups in total. The number of hydrogen-bond donors (Lipinski definition) is 0. The van der Waals surface area contributed by atoms with Gasteiger partial charge in [0.05, 0.1) is 5.41 Å². The summed E-state index contributed by atoms with van der Waals surface area (Å²) in [7, 11) is 0. The van der Waals surface area contributed by atoms with Crippen LogP contribution < -0.4 is 4.90 Å². The van der Waals surface area contributed by atoms with Crippen molar-refractivity contribution in [1.29, 1.82) is 0 Å². The average molecular weight is 872 g/mol. The number of hydrogen-bond acceptors (Lipinski definition) is 1. The molecule has 0 radical (unpaired) electrons. The van der Waals surface area contributed by atoms with Crippen LogP contribution in [0.1, 0.15) is 83.3 Å². The lowest BCUT2D eigenvalue weighted by atomic mass is 9.65. The molecule has 326 valence electrons. The predicted molar refractivity (Wildman–Crippen MR) is 287 cm³/mol. The molecule has 0 fully saturated rings. The van der Waals surface area contributed by atoms with E-state index in [2.05, 4.69) is 270 Å². The van der Waals surface area contributed by atoms with Gasteiger partial charge in [0.25, 0.3) is 0 Å². The van der Waals surface area contributed by atoms with Crippen molar-refractivity contribution in [1.82, 2.24) is 0 Å². The topological polar surface area (TPSA) is 3.24 Å². The lowest BCUT2D eigenvalue weighted by Crippen LogP contribution is -2.29. The van der Waals surface area contributed by atoms with Gasteiger partial charge in [0.1, 0.15) is 0 Å². The van der Waals surface area contributed by atoms with Gasteiger partial charge in [-0.3, -0.25) is 0 Å². The number of allylic oxidation sites excluding steroid dienone is 5. The summed E-state index contributed by atoms with van der Waals surface area (Å²) in [6, 6.07) is 83.5. The van der Waals surface area contributed by atoms with Gasteiger partial charge in [-0.05, 0) is 137 Å². The number of benzene rings is 9. The van der Waals surface area contributed by atoms with Crippen LogP contribution in [0.15, 0.2) is 243 Å². The highest BCUT2D eigenvalue weighted by Crippen LogP contribution is 2.61. The SMILES string of the molecule is C=C/C(=C\C1=C(c2ccccc2)C(c2ccccc2)(c2ccccc2)c2cc(N(c3ccc4c(c3)C(C)(C)c3ccccc3-4)c3ccc4c(c3)C(C)(C)c3ccccc3-4)ccc21)c1ccccc1. The van der Waals surface area contributed by atoms with Crippen LogP contribution in [0.2, 0.25) is 0 Å². The number of fused-ring (bicyclic) bond motifs is 7. The van der Waals surface area contributed by atoms with E-state index in [4.69, 9.17) is 0 Å². The molecule has 3 aliphatic carbocycles. The largest absolute Gasteiger partial charge is 0.310 e. The van der Waals surface area contributed by atoms with Crippen molar-refractivity contribution in [3.8, 4) is 22.3 Å². The summed E-state index contributed by atoms with van der Waals surface area (Å²) in [5.41, 5.74) is 23.7. The van der Waals surface area contributed by atoms with E-state index >= 15 is 0 Å². The molecular formula is C67H53N. The first-order valence-electron chi connectivity index (χ1n) is 24.0. The molecule has 0 unspecified atom stereocenters. The summed E-state index contributed by atoms with van der Waals surface area (Å²) in [6.45, 7) is 13.9. The van der Waals surface area contributed by atoms with Crippen molar-refractivity contribution in [2.24, 2.45) is 0 Å². The first kappa shape index (κ1) is 41.4. The van der Waals surface area contributed by atoms with Crippen LogP contribution in [-0.2, 0) is 16.2 Å². The zero-order valence-electron chi connectivity index (χ0n) is 39.2. The van der Waals surface area contributed by atoms with Crippen LogP contribution in [0.3, 0.4) is 0 Å². The van der Waals surface area contributed by atoms with Gasteiger partial charge >= 0.3 is 0 Å². The first-order chi connectivity index (χ1) is 33.2. The van der Waals surface area contributed by atoms with Gasteiger partial charge in [-0.1, -0.05) is 228 Å². The Morgan fingerprint density at radius 3 is 1.28 bits per heavy atom. The van der Waals surface area contributed by atoms with Crippen molar-refractivity contribution in [3.05, 3.63) is 299 Å². The second-order valence-electron chi connectivity index (χ2n) is 19.7. The minimum Gasteiger partial charge on any atom is -0.310 e. The molecule has 12 rings (SSSR count). The fourth-order valence-electron chi connectivity index (χ4n) is 12.1. The van der Waals surface area contributed by atoms with Crippen LogP contribution in [-0.4, -0.2) is 0 Å². The highest BCUT2D eigenvalue weighted by Gasteiger charge is 2.48. The molecule has 0 aliphatic heterocycles. The van der Waals surface area contributed by atoms with Crippen LogP contribution in [0.25, 0.3) is 39.0 Å². The van der Waals surface area contributed by atoms with Gasteiger partial charge in [0.2, 0.25) is 0 Å². The van der Waals surface area contributed by atoms with Crippen molar-refractivity contribution in [3.63, 3.8) is 0 Å². The average Bonchev–Trinajstić information content (AvgIpc) is 3.90. The molecule has 0 bridgehead atoms. The van der Waals surface area contributed by atoms with Crippen LogP contribution in [0.5, 0.6) is 0 Å².